The number of aromatic carboxylic acids is 1. The van der Waals surface area contributed by atoms with E-state index < -0.39 is 11.8 Å². The minimum Gasteiger partial charge on any atom is -0.478 e. The van der Waals surface area contributed by atoms with Crippen LogP contribution < -0.4 is 9.64 Å². The summed E-state index contributed by atoms with van der Waals surface area (Å²) in [7, 11) is 1.69. The van der Waals surface area contributed by atoms with E-state index in [4.69, 9.17) is 30.8 Å². The first-order valence-electron chi connectivity index (χ1n) is 14.9. The van der Waals surface area contributed by atoms with Gasteiger partial charge in [-0.25, -0.2) is 19.0 Å². The minimum atomic E-state index is -0.971. The predicted octanol–water partition coefficient (Wildman–Crippen LogP) is 5.09. The number of carboxylic acids is 1. The van der Waals surface area contributed by atoms with Gasteiger partial charge in [0.1, 0.15) is 24.1 Å². The van der Waals surface area contributed by atoms with Gasteiger partial charge in [0.15, 0.2) is 5.69 Å². The molecule has 0 saturated carbocycles. The SMILES string of the molecule is [C-]#[N+]c1ccc(COc2cccc(N3CCN(C(C)c4nc5ccc(C(=O)O)cc5n4C[C@@H]4CCO4)[C@@H](COC)C3)n2)c(F)c1. The lowest BCUT2D eigenvalue weighted by Crippen LogP contribution is -2.56. The molecule has 2 fully saturated rings. The Kier molecular flexibility index (Phi) is 8.93. The zero-order valence-electron chi connectivity index (χ0n) is 25.2. The summed E-state index contributed by atoms with van der Waals surface area (Å²) < 4.78 is 33.7. The Labute approximate surface area is 260 Å². The number of fused-ring (bicyclic) bond motifs is 1. The number of carboxylic acid groups (broad SMARTS) is 1. The van der Waals surface area contributed by atoms with Crippen LogP contribution in [0.4, 0.5) is 15.9 Å². The van der Waals surface area contributed by atoms with Crippen molar-refractivity contribution in [1.29, 1.82) is 0 Å². The predicted molar refractivity (Wildman–Crippen MR) is 165 cm³/mol. The molecule has 1 unspecified atom stereocenters. The molecule has 12 heteroatoms. The molecule has 2 aromatic carbocycles. The second kappa shape index (κ2) is 13.2. The molecular weight excluding hydrogens is 579 g/mol. The largest absolute Gasteiger partial charge is 0.478 e. The number of benzene rings is 2. The molecule has 0 spiro atoms. The Morgan fingerprint density at radius 3 is 2.76 bits per heavy atom. The zero-order chi connectivity index (χ0) is 31.5. The van der Waals surface area contributed by atoms with E-state index in [1.54, 1.807) is 43.5 Å². The maximum Gasteiger partial charge on any atom is 0.335 e. The third-order valence-electron chi connectivity index (χ3n) is 8.54. The molecule has 2 aliphatic rings. The number of piperazine rings is 1. The molecule has 2 saturated heterocycles. The summed E-state index contributed by atoms with van der Waals surface area (Å²) in [6, 6.07) is 14.9. The van der Waals surface area contributed by atoms with Crippen LogP contribution in [0.3, 0.4) is 0 Å². The highest BCUT2D eigenvalue weighted by atomic mass is 19.1. The van der Waals surface area contributed by atoms with Crippen LogP contribution >= 0.6 is 0 Å². The lowest BCUT2D eigenvalue weighted by Gasteiger charge is -2.44. The van der Waals surface area contributed by atoms with Crippen molar-refractivity contribution in [3.8, 4) is 5.88 Å². The number of hydrogen-bond acceptors (Lipinski definition) is 8. The number of aromatic nitrogens is 3. The summed E-state index contributed by atoms with van der Waals surface area (Å²) in [6.45, 7) is 13.1. The number of carbonyl (C=O) groups is 1. The quantitative estimate of drug-likeness (QED) is 0.231. The van der Waals surface area contributed by atoms with Crippen LogP contribution in [0, 0.1) is 12.4 Å². The molecule has 234 valence electrons. The van der Waals surface area contributed by atoms with Crippen LogP contribution in [-0.2, 0) is 22.6 Å². The van der Waals surface area contributed by atoms with Gasteiger partial charge in [-0.15, -0.1) is 0 Å². The monoisotopic (exact) mass is 614 g/mol. The van der Waals surface area contributed by atoms with Crippen molar-refractivity contribution < 1.29 is 28.5 Å². The van der Waals surface area contributed by atoms with Crippen molar-refractivity contribution in [1.82, 2.24) is 19.4 Å². The Balaban J connectivity index is 1.20. The van der Waals surface area contributed by atoms with Crippen LogP contribution in [0.2, 0.25) is 0 Å². The van der Waals surface area contributed by atoms with E-state index in [9.17, 15) is 14.3 Å². The molecule has 0 amide bonds. The summed E-state index contributed by atoms with van der Waals surface area (Å²) >= 11 is 0. The summed E-state index contributed by atoms with van der Waals surface area (Å²) in [5.74, 6) is 0.542. The Morgan fingerprint density at radius 1 is 1.20 bits per heavy atom. The molecule has 0 radical (unpaired) electrons. The number of pyridine rings is 1. The molecule has 4 aromatic rings. The van der Waals surface area contributed by atoms with Crippen molar-refractivity contribution in [2.45, 2.75) is 44.7 Å². The molecular formula is C33H35FN6O5. The van der Waals surface area contributed by atoms with Gasteiger partial charge >= 0.3 is 5.97 Å². The van der Waals surface area contributed by atoms with E-state index in [2.05, 4.69) is 26.1 Å². The third kappa shape index (κ3) is 6.47. The Morgan fingerprint density at radius 2 is 2.04 bits per heavy atom. The second-order valence-corrected chi connectivity index (χ2v) is 11.3. The number of nitrogens with zero attached hydrogens (tertiary/aromatic N) is 6. The number of imidazole rings is 1. The highest BCUT2D eigenvalue weighted by Gasteiger charge is 2.34. The highest BCUT2D eigenvalue weighted by molar-refractivity contribution is 5.92. The van der Waals surface area contributed by atoms with Gasteiger partial charge in [-0.2, -0.15) is 4.98 Å². The van der Waals surface area contributed by atoms with Crippen molar-refractivity contribution in [3.63, 3.8) is 0 Å². The topological polar surface area (TPSA) is 107 Å². The molecule has 45 heavy (non-hydrogen) atoms. The molecule has 2 aromatic heterocycles. The smallest absolute Gasteiger partial charge is 0.335 e. The average molecular weight is 615 g/mol. The molecule has 0 aliphatic carbocycles. The molecule has 0 bridgehead atoms. The number of halogens is 1. The van der Waals surface area contributed by atoms with Gasteiger partial charge in [0.05, 0.1) is 54.5 Å². The van der Waals surface area contributed by atoms with E-state index in [0.717, 1.165) is 35.7 Å². The van der Waals surface area contributed by atoms with Crippen LogP contribution in [0.1, 0.15) is 41.1 Å². The van der Waals surface area contributed by atoms with Gasteiger partial charge in [0.2, 0.25) is 5.88 Å². The number of rotatable bonds is 11. The first-order chi connectivity index (χ1) is 21.8. The summed E-state index contributed by atoms with van der Waals surface area (Å²) in [5, 5.41) is 9.62. The Bertz CT molecular complexity index is 1730. The number of anilines is 1. The van der Waals surface area contributed by atoms with Crippen molar-refractivity contribution in [3.05, 3.63) is 88.8 Å². The van der Waals surface area contributed by atoms with Gasteiger partial charge in [0, 0.05) is 45.0 Å². The van der Waals surface area contributed by atoms with Crippen molar-refractivity contribution >= 4 is 28.5 Å². The molecule has 3 atom stereocenters. The third-order valence-corrected chi connectivity index (χ3v) is 8.54. The summed E-state index contributed by atoms with van der Waals surface area (Å²) in [5.41, 5.74) is 2.37. The van der Waals surface area contributed by atoms with Crippen LogP contribution in [0.25, 0.3) is 15.9 Å². The fourth-order valence-electron chi connectivity index (χ4n) is 6.03. The van der Waals surface area contributed by atoms with Crippen LogP contribution in [0.15, 0.2) is 54.6 Å². The molecule has 6 rings (SSSR count). The van der Waals surface area contributed by atoms with Gasteiger partial charge in [0.25, 0.3) is 0 Å². The lowest BCUT2D eigenvalue weighted by atomic mass is 10.1. The molecule has 11 nitrogen and oxygen atoms in total. The van der Waals surface area contributed by atoms with E-state index in [0.29, 0.717) is 44.2 Å². The number of hydrogen-bond donors (Lipinski definition) is 1. The molecule has 4 heterocycles. The first kappa shape index (κ1) is 30.5. The van der Waals surface area contributed by atoms with E-state index >= 15 is 0 Å². The fraction of sp³-hybridized carbons (Fsp3) is 0.394. The van der Waals surface area contributed by atoms with E-state index in [1.807, 2.05) is 12.1 Å². The van der Waals surface area contributed by atoms with E-state index in [-0.39, 0.29) is 36.0 Å². The van der Waals surface area contributed by atoms with Gasteiger partial charge in [-0.05, 0) is 43.7 Å². The maximum atomic E-state index is 14.4. The Hall–Kier alpha value is -4.57. The van der Waals surface area contributed by atoms with Crippen molar-refractivity contribution in [2.24, 2.45) is 0 Å². The van der Waals surface area contributed by atoms with Crippen LogP contribution in [0.5, 0.6) is 5.88 Å². The number of ether oxygens (including phenoxy) is 3. The minimum absolute atomic E-state index is 0.000977. The van der Waals surface area contributed by atoms with Crippen molar-refractivity contribution in [2.75, 3.05) is 44.9 Å². The van der Waals surface area contributed by atoms with Gasteiger partial charge in [-0.3, -0.25) is 4.90 Å². The van der Waals surface area contributed by atoms with Gasteiger partial charge < -0.3 is 28.8 Å². The molecule has 1 N–H and O–H groups in total. The standard InChI is InChI=1S/C33H35FN6O5/c1-21(32-36-28-10-8-22(33(41)42)15-29(28)40(32)18-26-11-14-44-26)39-13-12-38(17-25(39)20-43-3)30-5-4-6-31(37-30)45-19-23-7-9-24(35-2)16-27(23)34/h4-10,15-16,21,25-26H,11-14,17-20H2,1,3H3,(H,41,42)/t21?,25-,26+/m1/s1. The first-order valence-corrected chi connectivity index (χ1v) is 14.9. The zero-order valence-corrected chi connectivity index (χ0v) is 25.2. The molecule has 2 aliphatic heterocycles. The fourth-order valence-corrected chi connectivity index (χ4v) is 6.03. The summed E-state index contributed by atoms with van der Waals surface area (Å²) in [6.07, 6.45) is 1.03. The average Bonchev–Trinajstić information content (AvgIpc) is 3.39. The van der Waals surface area contributed by atoms with Crippen LogP contribution in [-0.4, -0.2) is 82.6 Å². The van der Waals surface area contributed by atoms with Gasteiger partial charge in [-0.1, -0.05) is 18.2 Å². The second-order valence-electron chi connectivity index (χ2n) is 11.3. The normalized spacial score (nSPS) is 19.2. The summed E-state index contributed by atoms with van der Waals surface area (Å²) in [4.78, 5) is 29.3. The van der Waals surface area contributed by atoms with E-state index in [1.165, 1.54) is 6.07 Å². The number of methoxy groups -OCH3 is 1. The maximum absolute atomic E-state index is 14.4. The highest BCUT2D eigenvalue weighted by Crippen LogP contribution is 2.31. The lowest BCUT2D eigenvalue weighted by molar-refractivity contribution is -0.0596.